The first-order valence-electron chi connectivity index (χ1n) is 11.9. The Morgan fingerprint density at radius 1 is 1.05 bits per heavy atom. The highest BCUT2D eigenvalue weighted by Gasteiger charge is 2.31. The van der Waals surface area contributed by atoms with Crippen LogP contribution in [0.5, 0.6) is 5.75 Å². The summed E-state index contributed by atoms with van der Waals surface area (Å²) < 4.78 is 41.1. The monoisotopic (exact) mass is 562 g/mol. The number of alkyl halides is 3. The van der Waals surface area contributed by atoms with Gasteiger partial charge in [0.2, 0.25) is 5.91 Å². The van der Waals surface area contributed by atoms with Crippen molar-refractivity contribution in [3.63, 3.8) is 0 Å². The molecule has 208 valence electrons. The quantitative estimate of drug-likeness (QED) is 0.163. The summed E-state index contributed by atoms with van der Waals surface area (Å²) in [5, 5.41) is 8.53. The lowest BCUT2D eigenvalue weighted by Gasteiger charge is -2.20. The number of nitrogens with one attached hydrogen (secondary N) is 3. The predicted molar refractivity (Wildman–Crippen MR) is 142 cm³/mol. The van der Waals surface area contributed by atoms with E-state index in [9.17, 15) is 22.8 Å². The third-order valence-corrected chi connectivity index (χ3v) is 6.31. The van der Waals surface area contributed by atoms with Crippen molar-refractivity contribution in [3.8, 4) is 5.75 Å². The number of benzene rings is 1. The summed E-state index contributed by atoms with van der Waals surface area (Å²) >= 11 is 1.18. The van der Waals surface area contributed by atoms with Crippen LogP contribution in [0.2, 0.25) is 0 Å². The maximum absolute atomic E-state index is 13.1. The number of carbonyl (C=O) groups is 2. The van der Waals surface area contributed by atoms with Crippen LogP contribution in [0.15, 0.2) is 72.1 Å². The van der Waals surface area contributed by atoms with Gasteiger partial charge in [0.1, 0.15) is 16.1 Å². The maximum atomic E-state index is 13.1. The molecule has 39 heavy (non-hydrogen) atoms. The highest BCUT2D eigenvalue weighted by molar-refractivity contribution is 7.99. The molecule has 0 bridgehead atoms. The van der Waals surface area contributed by atoms with Gasteiger partial charge in [-0.2, -0.15) is 0 Å². The Kier molecular flexibility index (Phi) is 11.1. The predicted octanol–water partition coefficient (Wildman–Crippen LogP) is 4.08. The first kappa shape index (κ1) is 29.9. The molecule has 0 fully saturated rings. The number of rotatable bonds is 13. The summed E-state index contributed by atoms with van der Waals surface area (Å²) in [5.74, 6) is -1.14. The van der Waals surface area contributed by atoms with Crippen LogP contribution >= 0.6 is 11.8 Å². The Morgan fingerprint density at radius 3 is 2.44 bits per heavy atom. The molecule has 13 heteroatoms. The van der Waals surface area contributed by atoms with Crippen LogP contribution in [0.3, 0.4) is 0 Å². The second kappa shape index (κ2) is 14.5. The van der Waals surface area contributed by atoms with Gasteiger partial charge in [0.25, 0.3) is 5.91 Å². The highest BCUT2D eigenvalue weighted by atomic mass is 32.2. The van der Waals surface area contributed by atoms with Crippen LogP contribution in [0.25, 0.3) is 0 Å². The van der Waals surface area contributed by atoms with Crippen LogP contribution in [-0.4, -0.2) is 66.8 Å². The van der Waals surface area contributed by atoms with Crippen molar-refractivity contribution in [3.05, 3.63) is 78.2 Å². The van der Waals surface area contributed by atoms with E-state index in [1.165, 1.54) is 30.1 Å². The number of carbonyl (C=O) groups excluding carboxylic acids is 2. The molecule has 3 N–H and O–H groups in total. The number of hydrogen-bond donors (Lipinski definition) is 3. The van der Waals surface area contributed by atoms with Crippen molar-refractivity contribution < 1.29 is 27.5 Å². The average Bonchev–Trinajstić information content (AvgIpc) is 2.89. The molecular formula is C26H29F3N6O3S. The van der Waals surface area contributed by atoms with Crippen molar-refractivity contribution >= 4 is 29.3 Å². The number of hydrogen-bond acceptors (Lipinski definition) is 8. The number of nitrogens with zero attached hydrogens (tertiary/aromatic N) is 3. The molecule has 3 rings (SSSR count). The SMILES string of the molecule is CN(C)CCCNCC(=O)NC(Sc1ncccc1C(=O)Nc1ccc(OC(F)(F)F)cc1)c1ccncc1. The summed E-state index contributed by atoms with van der Waals surface area (Å²) in [6, 6.07) is 11.5. The normalized spacial score (nSPS) is 12.2. The lowest BCUT2D eigenvalue weighted by atomic mass is 10.2. The lowest BCUT2D eigenvalue weighted by Crippen LogP contribution is -2.36. The van der Waals surface area contributed by atoms with Gasteiger partial charge in [-0.25, -0.2) is 4.98 Å². The summed E-state index contributed by atoms with van der Waals surface area (Å²) in [6.07, 6.45) is 0.822. The molecule has 1 atom stereocenters. The fourth-order valence-corrected chi connectivity index (χ4v) is 4.46. The fourth-order valence-electron chi connectivity index (χ4n) is 3.35. The molecule has 3 aromatic rings. The van der Waals surface area contributed by atoms with E-state index >= 15 is 0 Å². The molecule has 0 aliphatic heterocycles. The van der Waals surface area contributed by atoms with Gasteiger partial charge in [0.05, 0.1) is 12.1 Å². The molecule has 2 amide bonds. The molecule has 9 nitrogen and oxygen atoms in total. The molecule has 0 radical (unpaired) electrons. The average molecular weight is 563 g/mol. The van der Waals surface area contributed by atoms with Crippen LogP contribution < -0.4 is 20.7 Å². The van der Waals surface area contributed by atoms with Crippen molar-refractivity contribution in [2.45, 2.75) is 23.2 Å². The fraction of sp³-hybridized carbons (Fsp3) is 0.308. The second-order valence-electron chi connectivity index (χ2n) is 8.56. The van der Waals surface area contributed by atoms with Gasteiger partial charge in [-0.15, -0.1) is 13.2 Å². The molecule has 0 aliphatic carbocycles. The van der Waals surface area contributed by atoms with E-state index in [4.69, 9.17) is 0 Å². The molecule has 1 aromatic carbocycles. The number of anilines is 1. The van der Waals surface area contributed by atoms with E-state index in [0.717, 1.165) is 30.7 Å². The number of pyridine rings is 2. The highest BCUT2D eigenvalue weighted by Crippen LogP contribution is 2.34. The smallest absolute Gasteiger partial charge is 0.406 e. The van der Waals surface area contributed by atoms with E-state index < -0.39 is 23.4 Å². The Balaban J connectivity index is 1.69. The molecule has 0 spiro atoms. The van der Waals surface area contributed by atoms with Gasteiger partial charge >= 0.3 is 6.36 Å². The number of halogens is 3. The molecular weight excluding hydrogens is 533 g/mol. The molecule has 0 saturated carbocycles. The van der Waals surface area contributed by atoms with Crippen LogP contribution in [-0.2, 0) is 4.79 Å². The number of ether oxygens (including phenoxy) is 1. The van der Waals surface area contributed by atoms with E-state index in [0.29, 0.717) is 11.6 Å². The molecule has 2 heterocycles. The third-order valence-electron chi connectivity index (χ3n) is 5.14. The van der Waals surface area contributed by atoms with Gasteiger partial charge in [0, 0.05) is 24.3 Å². The van der Waals surface area contributed by atoms with Gasteiger partial charge in [-0.05, 0) is 87.7 Å². The molecule has 1 unspecified atom stereocenters. The van der Waals surface area contributed by atoms with Crippen molar-refractivity contribution in [2.24, 2.45) is 0 Å². The minimum absolute atomic E-state index is 0.124. The van der Waals surface area contributed by atoms with Gasteiger partial charge in [-0.1, -0.05) is 11.8 Å². The molecule has 0 saturated heterocycles. The first-order chi connectivity index (χ1) is 18.6. The summed E-state index contributed by atoms with van der Waals surface area (Å²) in [6.45, 7) is 1.71. The van der Waals surface area contributed by atoms with E-state index in [-0.39, 0.29) is 23.7 Å². The van der Waals surface area contributed by atoms with E-state index in [1.807, 2.05) is 14.1 Å². The Bertz CT molecular complexity index is 1210. The van der Waals surface area contributed by atoms with E-state index in [2.05, 4.69) is 35.6 Å². The van der Waals surface area contributed by atoms with Gasteiger partial charge in [0.15, 0.2) is 0 Å². The van der Waals surface area contributed by atoms with Gasteiger partial charge in [-0.3, -0.25) is 14.6 Å². The zero-order valence-electron chi connectivity index (χ0n) is 21.4. The standard InChI is InChI=1S/C26H29F3N6O3S/c1-35(2)16-4-12-31-17-22(36)34-24(18-10-14-30-15-11-18)39-25-21(5-3-13-32-25)23(37)33-19-6-8-20(9-7-19)38-26(27,28)29/h3,5-11,13-15,24,31H,4,12,16-17H2,1-2H3,(H,33,37)(H,34,36). The Hall–Kier alpha value is -3.68. The van der Waals surface area contributed by atoms with Crippen LogP contribution in [0.4, 0.5) is 18.9 Å². The largest absolute Gasteiger partial charge is 0.573 e. The summed E-state index contributed by atoms with van der Waals surface area (Å²) in [4.78, 5) is 36.2. The number of amides is 2. The van der Waals surface area contributed by atoms with E-state index in [1.54, 1.807) is 36.7 Å². The van der Waals surface area contributed by atoms with Crippen LogP contribution in [0.1, 0.15) is 27.7 Å². The van der Waals surface area contributed by atoms with Crippen molar-refractivity contribution in [1.82, 2.24) is 25.5 Å². The Morgan fingerprint density at radius 2 is 1.77 bits per heavy atom. The summed E-state index contributed by atoms with van der Waals surface area (Å²) in [5.41, 5.74) is 1.26. The van der Waals surface area contributed by atoms with Gasteiger partial charge < -0.3 is 25.6 Å². The minimum atomic E-state index is -4.81. The lowest BCUT2D eigenvalue weighted by molar-refractivity contribution is -0.274. The molecule has 2 aromatic heterocycles. The summed E-state index contributed by atoms with van der Waals surface area (Å²) in [7, 11) is 3.97. The zero-order chi connectivity index (χ0) is 28.3. The second-order valence-corrected chi connectivity index (χ2v) is 9.66. The third kappa shape index (κ3) is 10.5. The Labute approximate surface area is 228 Å². The maximum Gasteiger partial charge on any atom is 0.573 e. The van der Waals surface area contributed by atoms with Crippen molar-refractivity contribution in [1.29, 1.82) is 0 Å². The number of aromatic nitrogens is 2. The van der Waals surface area contributed by atoms with Crippen LogP contribution in [0, 0.1) is 0 Å². The topological polar surface area (TPSA) is 108 Å². The molecule has 0 aliphatic rings. The minimum Gasteiger partial charge on any atom is -0.406 e. The number of thioether (sulfide) groups is 1. The van der Waals surface area contributed by atoms with Crippen molar-refractivity contribution in [2.75, 3.05) is 39.0 Å². The first-order valence-corrected chi connectivity index (χ1v) is 12.8. The zero-order valence-corrected chi connectivity index (χ0v) is 22.2.